The van der Waals surface area contributed by atoms with E-state index in [2.05, 4.69) is 11.1 Å². The molecular weight excluding hydrogens is 150 g/mol. The molecule has 0 aliphatic rings. The maximum atomic E-state index is 5.17. The summed E-state index contributed by atoms with van der Waals surface area (Å²) in [7, 11) is 0. The number of ether oxygens (including phenoxy) is 1. The topological polar surface area (TPSA) is 21.6 Å². The van der Waals surface area contributed by atoms with E-state index in [1.54, 1.807) is 0 Å². The monoisotopic (exact) mass is 169 g/mol. The Morgan fingerprint density at radius 3 is 2.92 bits per heavy atom. The second-order valence-electron chi connectivity index (χ2n) is 2.44. The van der Waals surface area contributed by atoms with Crippen LogP contribution in [0.3, 0.4) is 0 Å². The highest BCUT2D eigenvalue weighted by molar-refractivity contribution is 5.59. The number of hydrogen-bond acceptors (Lipinski definition) is 2. The first-order valence-electron chi connectivity index (χ1n) is 4.59. The van der Waals surface area contributed by atoms with Crippen molar-refractivity contribution in [2.24, 2.45) is 4.99 Å². The number of allylic oxidation sites excluding steroid dienone is 2. The van der Waals surface area contributed by atoms with Gasteiger partial charge in [0.1, 0.15) is 0 Å². The normalized spacial score (nSPS) is 11.8. The molecule has 0 fully saturated rings. The number of rotatable bonds is 7. The van der Waals surface area contributed by atoms with Crippen LogP contribution in [0.4, 0.5) is 0 Å². The molecule has 0 rings (SSSR count). The third kappa shape index (κ3) is 9.37. The standard InChI is InChI=1S/C10H19NO/c1-3-5-6-8-11-9-7-10-12-4-2/h3,5,8H,4,6-7,9-10H2,1-2H3/b5-3-,11-8+. The van der Waals surface area contributed by atoms with E-state index in [1.807, 2.05) is 26.1 Å². The Labute approximate surface area is 75.3 Å². The van der Waals surface area contributed by atoms with Crippen molar-refractivity contribution in [2.75, 3.05) is 19.8 Å². The summed E-state index contributed by atoms with van der Waals surface area (Å²) in [5.41, 5.74) is 0. The third-order valence-electron chi connectivity index (χ3n) is 1.39. The Balaban J connectivity index is 3.02. The van der Waals surface area contributed by atoms with Crippen LogP contribution in [-0.2, 0) is 4.74 Å². The van der Waals surface area contributed by atoms with Crippen LogP contribution in [0, 0.1) is 0 Å². The van der Waals surface area contributed by atoms with Crippen LogP contribution in [0.2, 0.25) is 0 Å². The van der Waals surface area contributed by atoms with Gasteiger partial charge in [-0.3, -0.25) is 4.99 Å². The van der Waals surface area contributed by atoms with Gasteiger partial charge in [0, 0.05) is 32.4 Å². The minimum atomic E-state index is 0.808. The van der Waals surface area contributed by atoms with E-state index in [4.69, 9.17) is 4.74 Å². The minimum absolute atomic E-state index is 0.808. The quantitative estimate of drug-likeness (QED) is 0.326. The van der Waals surface area contributed by atoms with Crippen LogP contribution in [-0.4, -0.2) is 26.0 Å². The van der Waals surface area contributed by atoms with Crippen LogP contribution in [0.5, 0.6) is 0 Å². The molecule has 0 aromatic heterocycles. The second kappa shape index (κ2) is 10.4. The summed E-state index contributed by atoms with van der Waals surface area (Å²) in [5, 5.41) is 0. The van der Waals surface area contributed by atoms with E-state index < -0.39 is 0 Å². The molecule has 70 valence electrons. The molecule has 0 unspecified atom stereocenters. The lowest BCUT2D eigenvalue weighted by molar-refractivity contribution is 0.146. The van der Waals surface area contributed by atoms with Crippen molar-refractivity contribution in [3.63, 3.8) is 0 Å². The molecule has 0 bridgehead atoms. The molecular formula is C10H19NO. The Morgan fingerprint density at radius 2 is 2.25 bits per heavy atom. The van der Waals surface area contributed by atoms with Gasteiger partial charge < -0.3 is 4.74 Å². The highest BCUT2D eigenvalue weighted by atomic mass is 16.5. The first kappa shape index (κ1) is 11.4. The van der Waals surface area contributed by atoms with E-state index in [1.165, 1.54) is 0 Å². The molecule has 2 heteroatoms. The summed E-state index contributed by atoms with van der Waals surface area (Å²) in [4.78, 5) is 4.22. The molecule has 12 heavy (non-hydrogen) atoms. The van der Waals surface area contributed by atoms with E-state index in [0.29, 0.717) is 0 Å². The van der Waals surface area contributed by atoms with Gasteiger partial charge in [0.2, 0.25) is 0 Å². The fraction of sp³-hybridized carbons (Fsp3) is 0.700. The predicted octanol–water partition coefficient (Wildman–Crippen LogP) is 2.45. The van der Waals surface area contributed by atoms with Crippen molar-refractivity contribution >= 4 is 6.21 Å². The molecule has 0 atom stereocenters. The summed E-state index contributed by atoms with van der Waals surface area (Å²) in [6.07, 6.45) is 8.05. The Morgan fingerprint density at radius 1 is 1.42 bits per heavy atom. The molecule has 2 nitrogen and oxygen atoms in total. The average molecular weight is 169 g/mol. The van der Waals surface area contributed by atoms with Crippen molar-refractivity contribution in [3.05, 3.63) is 12.2 Å². The molecule has 0 aromatic rings. The zero-order valence-electron chi connectivity index (χ0n) is 8.12. The molecule has 0 heterocycles. The zero-order valence-corrected chi connectivity index (χ0v) is 8.12. The van der Waals surface area contributed by atoms with Crippen molar-refractivity contribution in [2.45, 2.75) is 26.7 Å². The summed E-state index contributed by atoms with van der Waals surface area (Å²) >= 11 is 0. The van der Waals surface area contributed by atoms with Gasteiger partial charge in [0.05, 0.1) is 0 Å². The average Bonchev–Trinajstić information content (AvgIpc) is 2.10. The molecule has 0 saturated carbocycles. The molecule has 0 saturated heterocycles. The SMILES string of the molecule is C/C=C\C/C=N/CCCOCC. The van der Waals surface area contributed by atoms with E-state index in [-0.39, 0.29) is 0 Å². The Hall–Kier alpha value is -0.630. The van der Waals surface area contributed by atoms with Crippen LogP contribution >= 0.6 is 0 Å². The summed E-state index contributed by atoms with van der Waals surface area (Å²) in [6, 6.07) is 0. The maximum absolute atomic E-state index is 5.17. The highest BCUT2D eigenvalue weighted by Gasteiger charge is 1.82. The minimum Gasteiger partial charge on any atom is -0.382 e. The van der Waals surface area contributed by atoms with Crippen molar-refractivity contribution in [1.29, 1.82) is 0 Å². The van der Waals surface area contributed by atoms with Gasteiger partial charge >= 0.3 is 0 Å². The Kier molecular flexibility index (Phi) is 9.83. The molecule has 0 aliphatic heterocycles. The van der Waals surface area contributed by atoms with E-state index >= 15 is 0 Å². The van der Waals surface area contributed by atoms with Gasteiger partial charge in [-0.1, -0.05) is 12.2 Å². The van der Waals surface area contributed by atoms with Gasteiger partial charge in [0.25, 0.3) is 0 Å². The van der Waals surface area contributed by atoms with E-state index in [0.717, 1.165) is 32.6 Å². The van der Waals surface area contributed by atoms with Crippen molar-refractivity contribution in [1.82, 2.24) is 0 Å². The van der Waals surface area contributed by atoms with Crippen molar-refractivity contribution < 1.29 is 4.74 Å². The van der Waals surface area contributed by atoms with Gasteiger partial charge in [-0.25, -0.2) is 0 Å². The number of nitrogens with zero attached hydrogens (tertiary/aromatic N) is 1. The van der Waals surface area contributed by atoms with Gasteiger partial charge in [-0.15, -0.1) is 0 Å². The summed E-state index contributed by atoms with van der Waals surface area (Å²) in [6.45, 7) is 6.55. The highest BCUT2D eigenvalue weighted by Crippen LogP contribution is 1.84. The lowest BCUT2D eigenvalue weighted by Gasteiger charge is -1.96. The molecule has 0 aromatic carbocycles. The lowest BCUT2D eigenvalue weighted by Crippen LogP contribution is -1.95. The van der Waals surface area contributed by atoms with Crippen LogP contribution in [0.25, 0.3) is 0 Å². The fourth-order valence-electron chi connectivity index (χ4n) is 0.765. The summed E-state index contributed by atoms with van der Waals surface area (Å²) < 4.78 is 5.17. The van der Waals surface area contributed by atoms with Crippen LogP contribution < -0.4 is 0 Å². The zero-order chi connectivity index (χ0) is 9.07. The smallest absolute Gasteiger partial charge is 0.0483 e. The first-order chi connectivity index (χ1) is 5.91. The maximum Gasteiger partial charge on any atom is 0.0483 e. The number of hydrogen-bond donors (Lipinski definition) is 0. The fourth-order valence-corrected chi connectivity index (χ4v) is 0.765. The van der Waals surface area contributed by atoms with Gasteiger partial charge in [0.15, 0.2) is 0 Å². The van der Waals surface area contributed by atoms with Crippen molar-refractivity contribution in [3.8, 4) is 0 Å². The Bertz CT molecular complexity index is 130. The largest absolute Gasteiger partial charge is 0.382 e. The van der Waals surface area contributed by atoms with Crippen LogP contribution in [0.15, 0.2) is 17.1 Å². The second-order valence-corrected chi connectivity index (χ2v) is 2.44. The van der Waals surface area contributed by atoms with Crippen LogP contribution in [0.1, 0.15) is 26.7 Å². The van der Waals surface area contributed by atoms with Gasteiger partial charge in [-0.05, 0) is 20.3 Å². The molecule has 0 aliphatic carbocycles. The van der Waals surface area contributed by atoms with Gasteiger partial charge in [-0.2, -0.15) is 0 Å². The third-order valence-corrected chi connectivity index (χ3v) is 1.39. The predicted molar refractivity (Wildman–Crippen MR) is 53.9 cm³/mol. The molecule has 0 amide bonds. The molecule has 0 radical (unpaired) electrons. The molecule has 0 N–H and O–H groups in total. The first-order valence-corrected chi connectivity index (χ1v) is 4.59. The number of aliphatic imine (C=N–C) groups is 1. The van der Waals surface area contributed by atoms with E-state index in [9.17, 15) is 0 Å². The summed E-state index contributed by atoms with van der Waals surface area (Å²) in [5.74, 6) is 0. The lowest BCUT2D eigenvalue weighted by atomic mass is 10.4. The molecule has 0 spiro atoms.